The number of benzene rings is 2. The molecule has 1 aliphatic carbocycles. The van der Waals surface area contributed by atoms with Crippen LogP contribution in [0.15, 0.2) is 72.9 Å². The van der Waals surface area contributed by atoms with Gasteiger partial charge in [-0.3, -0.25) is 4.90 Å². The summed E-state index contributed by atoms with van der Waals surface area (Å²) in [6.07, 6.45) is 6.52. The summed E-state index contributed by atoms with van der Waals surface area (Å²) in [4.78, 5) is 22.3. The van der Waals surface area contributed by atoms with Gasteiger partial charge in [-0.05, 0) is 74.1 Å². The number of hydrogen-bond donors (Lipinski definition) is 2. The van der Waals surface area contributed by atoms with Crippen LogP contribution in [0.5, 0.6) is 0 Å². The zero-order valence-electron chi connectivity index (χ0n) is 22.4. The molecule has 2 aliphatic rings. The van der Waals surface area contributed by atoms with Crippen molar-refractivity contribution < 1.29 is 9.53 Å². The number of pyridine rings is 1. The van der Waals surface area contributed by atoms with Gasteiger partial charge < -0.3 is 20.3 Å². The molecule has 1 aromatic heterocycles. The lowest BCUT2D eigenvalue weighted by Crippen LogP contribution is -2.48. The van der Waals surface area contributed by atoms with Crippen molar-refractivity contribution in [2.45, 2.75) is 56.8 Å². The average molecular weight is 525 g/mol. The van der Waals surface area contributed by atoms with Crippen LogP contribution in [0, 0.1) is 11.3 Å². The van der Waals surface area contributed by atoms with E-state index < -0.39 is 0 Å². The first kappa shape index (κ1) is 26.5. The number of rotatable bonds is 8. The largest absolute Gasteiger partial charge is 0.380 e. The molecule has 0 spiro atoms. The second-order valence-corrected chi connectivity index (χ2v) is 10.3. The lowest BCUT2D eigenvalue weighted by atomic mass is 9.90. The highest BCUT2D eigenvalue weighted by atomic mass is 16.5. The standard InChI is InChI=1S/C31H36N6O2/c1-39-29-17-18-36(22-29)26-12-14-28(15-13-26)37(31(38)34-20-23-5-3-2-4-6-23)27-10-8-25(9-11-27)35-30-16-7-24(19-32)21-33-30/h2-7,12-16,21,25,27,29H,8-11,17-18,20,22H2,1H3,(H,33,35)(H,34,38)/t25-,27-,29-/m0/s1. The van der Waals surface area contributed by atoms with Gasteiger partial charge in [0.05, 0.1) is 11.7 Å². The van der Waals surface area contributed by atoms with Crippen molar-refractivity contribution in [2.24, 2.45) is 0 Å². The molecule has 1 saturated heterocycles. The maximum atomic E-state index is 13.6. The molecular formula is C31H36N6O2. The second kappa shape index (κ2) is 12.6. The van der Waals surface area contributed by atoms with Gasteiger partial charge in [0.15, 0.2) is 0 Å². The number of carbonyl (C=O) groups is 1. The number of urea groups is 1. The van der Waals surface area contributed by atoms with Crippen LogP contribution in [0.25, 0.3) is 0 Å². The molecule has 2 N–H and O–H groups in total. The van der Waals surface area contributed by atoms with E-state index in [2.05, 4.69) is 50.9 Å². The van der Waals surface area contributed by atoms with E-state index in [-0.39, 0.29) is 24.2 Å². The van der Waals surface area contributed by atoms with E-state index >= 15 is 0 Å². The molecule has 3 aromatic rings. The third-order valence-corrected chi connectivity index (χ3v) is 7.78. The SMILES string of the molecule is CO[C@H]1CCN(c2ccc(N(C(=O)NCc3ccccc3)[C@H]3CC[C@H](Nc4ccc(C#N)cn4)CC3)cc2)C1. The highest BCUT2D eigenvalue weighted by Gasteiger charge is 2.30. The van der Waals surface area contributed by atoms with Crippen molar-refractivity contribution in [1.82, 2.24) is 10.3 Å². The van der Waals surface area contributed by atoms with E-state index in [4.69, 9.17) is 10.00 Å². The zero-order chi connectivity index (χ0) is 27.0. The summed E-state index contributed by atoms with van der Waals surface area (Å²) in [6.45, 7) is 2.36. The maximum Gasteiger partial charge on any atom is 0.322 e. The van der Waals surface area contributed by atoms with Gasteiger partial charge in [-0.15, -0.1) is 0 Å². The van der Waals surface area contributed by atoms with Crippen LogP contribution >= 0.6 is 0 Å². The summed E-state index contributed by atoms with van der Waals surface area (Å²) >= 11 is 0. The Hall–Kier alpha value is -4.09. The fourth-order valence-corrected chi connectivity index (χ4v) is 5.56. The van der Waals surface area contributed by atoms with Gasteiger partial charge in [-0.25, -0.2) is 9.78 Å². The lowest BCUT2D eigenvalue weighted by molar-refractivity contribution is 0.121. The van der Waals surface area contributed by atoms with Gasteiger partial charge in [0.2, 0.25) is 0 Å². The summed E-state index contributed by atoms with van der Waals surface area (Å²) in [5, 5.41) is 15.7. The van der Waals surface area contributed by atoms with Crippen molar-refractivity contribution in [3.8, 4) is 6.07 Å². The van der Waals surface area contributed by atoms with Crippen molar-refractivity contribution in [3.63, 3.8) is 0 Å². The monoisotopic (exact) mass is 524 g/mol. The third kappa shape index (κ3) is 6.68. The third-order valence-electron chi connectivity index (χ3n) is 7.78. The molecule has 202 valence electrons. The van der Waals surface area contributed by atoms with Gasteiger partial charge in [-0.2, -0.15) is 5.26 Å². The molecule has 8 heteroatoms. The average Bonchev–Trinajstić information content (AvgIpc) is 3.48. The van der Waals surface area contributed by atoms with Crippen molar-refractivity contribution in [3.05, 3.63) is 84.1 Å². The minimum Gasteiger partial charge on any atom is -0.380 e. The Morgan fingerprint density at radius 2 is 1.82 bits per heavy atom. The molecule has 0 unspecified atom stereocenters. The van der Waals surface area contributed by atoms with Crippen molar-refractivity contribution in [2.75, 3.05) is 35.3 Å². The van der Waals surface area contributed by atoms with Gasteiger partial charge in [0, 0.05) is 56.4 Å². The summed E-state index contributed by atoms with van der Waals surface area (Å²) in [6, 6.07) is 24.4. The molecule has 8 nitrogen and oxygen atoms in total. The Morgan fingerprint density at radius 3 is 2.46 bits per heavy atom. The fraction of sp³-hybridized carbons (Fsp3) is 0.387. The first-order valence-electron chi connectivity index (χ1n) is 13.7. The van der Waals surface area contributed by atoms with Gasteiger partial charge in [0.25, 0.3) is 0 Å². The van der Waals surface area contributed by atoms with E-state index in [1.165, 1.54) is 0 Å². The maximum absolute atomic E-state index is 13.6. The molecule has 0 radical (unpaired) electrons. The number of nitrogens with zero attached hydrogens (tertiary/aromatic N) is 4. The van der Waals surface area contributed by atoms with E-state index in [9.17, 15) is 4.79 Å². The fourth-order valence-electron chi connectivity index (χ4n) is 5.56. The first-order chi connectivity index (χ1) is 19.1. The molecule has 2 amide bonds. The molecule has 1 atom stereocenters. The normalized spacial score (nSPS) is 20.7. The lowest BCUT2D eigenvalue weighted by Gasteiger charge is -2.37. The Bertz CT molecular complexity index is 1250. The van der Waals surface area contributed by atoms with Crippen LogP contribution in [0.3, 0.4) is 0 Å². The quantitative estimate of drug-likeness (QED) is 0.414. The highest BCUT2D eigenvalue weighted by molar-refractivity contribution is 5.92. The Morgan fingerprint density at radius 1 is 1.05 bits per heavy atom. The molecular weight excluding hydrogens is 488 g/mol. The topological polar surface area (TPSA) is 93.5 Å². The van der Waals surface area contributed by atoms with E-state index in [1.54, 1.807) is 19.4 Å². The van der Waals surface area contributed by atoms with Crippen LogP contribution in [0.4, 0.5) is 22.0 Å². The number of methoxy groups -OCH3 is 1. The highest BCUT2D eigenvalue weighted by Crippen LogP contribution is 2.31. The number of ether oxygens (including phenoxy) is 1. The van der Waals surface area contributed by atoms with Crippen LogP contribution in [-0.4, -0.2) is 49.4 Å². The number of carbonyl (C=O) groups excluding carboxylic acids is 1. The summed E-state index contributed by atoms with van der Waals surface area (Å²) in [5.74, 6) is 0.781. The van der Waals surface area contributed by atoms with Crippen LogP contribution in [0.1, 0.15) is 43.2 Å². The van der Waals surface area contributed by atoms with E-state index in [0.29, 0.717) is 12.1 Å². The van der Waals surface area contributed by atoms with Crippen LogP contribution < -0.4 is 20.4 Å². The molecule has 1 saturated carbocycles. The first-order valence-corrected chi connectivity index (χ1v) is 13.7. The smallest absolute Gasteiger partial charge is 0.322 e. The Balaban J connectivity index is 1.27. The number of nitriles is 1. The number of amides is 2. The molecule has 39 heavy (non-hydrogen) atoms. The van der Waals surface area contributed by atoms with E-state index in [1.807, 2.05) is 41.3 Å². The number of hydrogen-bond acceptors (Lipinski definition) is 6. The summed E-state index contributed by atoms with van der Waals surface area (Å²) in [5.41, 5.74) is 3.70. The number of aromatic nitrogens is 1. The molecule has 2 fully saturated rings. The minimum absolute atomic E-state index is 0.0719. The predicted octanol–water partition coefficient (Wildman–Crippen LogP) is 5.32. The summed E-state index contributed by atoms with van der Waals surface area (Å²) in [7, 11) is 1.77. The molecule has 1 aliphatic heterocycles. The van der Waals surface area contributed by atoms with Crippen molar-refractivity contribution >= 4 is 23.2 Å². The molecule has 2 aromatic carbocycles. The molecule has 2 heterocycles. The predicted molar refractivity (Wildman–Crippen MR) is 154 cm³/mol. The number of nitrogens with one attached hydrogen (secondary N) is 2. The second-order valence-electron chi connectivity index (χ2n) is 10.3. The molecule has 0 bridgehead atoms. The van der Waals surface area contributed by atoms with E-state index in [0.717, 1.165) is 67.9 Å². The minimum atomic E-state index is -0.0719. The summed E-state index contributed by atoms with van der Waals surface area (Å²) < 4.78 is 5.53. The van der Waals surface area contributed by atoms with Crippen LogP contribution in [-0.2, 0) is 11.3 Å². The van der Waals surface area contributed by atoms with Gasteiger partial charge >= 0.3 is 6.03 Å². The molecule has 5 rings (SSSR count). The number of anilines is 3. The van der Waals surface area contributed by atoms with Crippen LogP contribution in [0.2, 0.25) is 0 Å². The van der Waals surface area contributed by atoms with Gasteiger partial charge in [0.1, 0.15) is 11.9 Å². The Labute approximate surface area is 230 Å². The Kier molecular flexibility index (Phi) is 8.59. The zero-order valence-corrected chi connectivity index (χ0v) is 22.4. The van der Waals surface area contributed by atoms with Crippen molar-refractivity contribution in [1.29, 1.82) is 5.26 Å². The van der Waals surface area contributed by atoms with Gasteiger partial charge in [-0.1, -0.05) is 30.3 Å².